The average molecular weight is 264 g/mol. The summed E-state index contributed by atoms with van der Waals surface area (Å²) < 4.78 is 26.6. The lowest BCUT2D eigenvalue weighted by atomic mass is 10.1. The molecule has 0 aromatic heterocycles. The molecule has 0 aliphatic heterocycles. The summed E-state index contributed by atoms with van der Waals surface area (Å²) in [4.78, 5) is 0. The molecule has 0 unspecified atom stereocenters. The molecule has 7 heteroatoms. The summed E-state index contributed by atoms with van der Waals surface area (Å²) in [6.45, 7) is 1.30. The van der Waals surface area contributed by atoms with Crippen LogP contribution in [0.4, 0.5) is 8.78 Å². The van der Waals surface area contributed by atoms with Gasteiger partial charge in [-0.25, -0.2) is 8.78 Å². The maximum atomic E-state index is 13.5. The molecule has 0 saturated carbocycles. The summed E-state index contributed by atoms with van der Waals surface area (Å²) in [5.41, 5.74) is 7.20. The van der Waals surface area contributed by atoms with Gasteiger partial charge in [0.05, 0.1) is 11.2 Å². The molecule has 0 atom stereocenters. The molecule has 0 bridgehead atoms. The standard InChI is InChI=1S/C9H8ClF2N3S/c1-4-7(11)2-6(10)5(8(4)12)3-14-15-9(13)16/h2-3H,1H3,(H3,13,15,16). The topological polar surface area (TPSA) is 50.4 Å². The molecule has 0 heterocycles. The zero-order valence-electron chi connectivity index (χ0n) is 8.22. The molecular formula is C9H8ClF2N3S. The molecule has 0 radical (unpaired) electrons. The number of thiocarbonyl (C=S) groups is 1. The first kappa shape index (κ1) is 12.8. The summed E-state index contributed by atoms with van der Waals surface area (Å²) in [6, 6.07) is 1.02. The Hall–Kier alpha value is -1.27. The first-order chi connectivity index (χ1) is 7.43. The summed E-state index contributed by atoms with van der Waals surface area (Å²) >= 11 is 10.1. The third-order valence-electron chi connectivity index (χ3n) is 1.80. The van der Waals surface area contributed by atoms with E-state index in [9.17, 15) is 8.78 Å². The summed E-state index contributed by atoms with van der Waals surface area (Å²) in [5, 5.41) is 3.41. The van der Waals surface area contributed by atoms with E-state index >= 15 is 0 Å². The van der Waals surface area contributed by atoms with Gasteiger partial charge in [-0.1, -0.05) is 11.6 Å². The first-order valence-corrected chi connectivity index (χ1v) is 4.94. The molecule has 0 aliphatic carbocycles. The minimum absolute atomic E-state index is 0.0238. The summed E-state index contributed by atoms with van der Waals surface area (Å²) in [7, 11) is 0. The lowest BCUT2D eigenvalue weighted by Crippen LogP contribution is -2.24. The third kappa shape index (κ3) is 2.86. The number of halogens is 3. The summed E-state index contributed by atoms with van der Waals surface area (Å²) in [5.74, 6) is -1.47. The van der Waals surface area contributed by atoms with Gasteiger partial charge >= 0.3 is 0 Å². The molecule has 86 valence electrons. The number of hydrogen-bond donors (Lipinski definition) is 2. The van der Waals surface area contributed by atoms with Crippen molar-refractivity contribution in [2.45, 2.75) is 6.92 Å². The largest absolute Gasteiger partial charge is 0.375 e. The molecule has 3 nitrogen and oxygen atoms in total. The van der Waals surface area contributed by atoms with Crippen LogP contribution in [0.5, 0.6) is 0 Å². The molecule has 0 amide bonds. The minimum Gasteiger partial charge on any atom is -0.375 e. The second-order valence-corrected chi connectivity index (χ2v) is 3.77. The third-order valence-corrected chi connectivity index (χ3v) is 2.21. The fraction of sp³-hybridized carbons (Fsp3) is 0.111. The lowest BCUT2D eigenvalue weighted by molar-refractivity contribution is 0.567. The highest BCUT2D eigenvalue weighted by Gasteiger charge is 2.12. The van der Waals surface area contributed by atoms with Gasteiger partial charge in [0, 0.05) is 11.1 Å². The molecule has 1 rings (SSSR count). The molecule has 0 spiro atoms. The quantitative estimate of drug-likeness (QED) is 0.488. The zero-order valence-corrected chi connectivity index (χ0v) is 9.79. The Balaban J connectivity index is 3.09. The average Bonchev–Trinajstić information content (AvgIpc) is 2.19. The van der Waals surface area contributed by atoms with Crippen molar-refractivity contribution in [2.75, 3.05) is 0 Å². The molecule has 1 aromatic rings. The molecule has 0 fully saturated rings. The second kappa shape index (κ2) is 5.18. The number of benzene rings is 1. The number of hydrazone groups is 1. The lowest BCUT2D eigenvalue weighted by Gasteiger charge is -2.04. The van der Waals surface area contributed by atoms with E-state index in [1.54, 1.807) is 0 Å². The van der Waals surface area contributed by atoms with Gasteiger partial charge in [0.2, 0.25) is 0 Å². The fourth-order valence-corrected chi connectivity index (χ4v) is 1.27. The van der Waals surface area contributed by atoms with Gasteiger partial charge in [-0.3, -0.25) is 5.43 Å². The number of rotatable bonds is 2. The highest BCUT2D eigenvalue weighted by Crippen LogP contribution is 2.23. The van der Waals surface area contributed by atoms with Gasteiger partial charge in [0.1, 0.15) is 11.6 Å². The Bertz CT molecular complexity index is 463. The van der Waals surface area contributed by atoms with E-state index in [-0.39, 0.29) is 21.3 Å². The van der Waals surface area contributed by atoms with Gasteiger partial charge in [0.15, 0.2) is 5.11 Å². The maximum Gasteiger partial charge on any atom is 0.184 e. The first-order valence-electron chi connectivity index (χ1n) is 4.16. The Labute approximate surface area is 101 Å². The highest BCUT2D eigenvalue weighted by atomic mass is 35.5. The normalized spacial score (nSPS) is 10.8. The van der Waals surface area contributed by atoms with Crippen LogP contribution in [0.15, 0.2) is 11.2 Å². The number of nitrogens with two attached hydrogens (primary N) is 1. The monoisotopic (exact) mass is 263 g/mol. The van der Waals surface area contributed by atoms with Crippen molar-refractivity contribution in [3.8, 4) is 0 Å². The van der Waals surface area contributed by atoms with Crippen LogP contribution in [0.3, 0.4) is 0 Å². The van der Waals surface area contributed by atoms with E-state index in [1.165, 1.54) is 6.92 Å². The molecule has 0 saturated heterocycles. The molecule has 16 heavy (non-hydrogen) atoms. The van der Waals surface area contributed by atoms with Crippen molar-refractivity contribution in [1.82, 2.24) is 5.43 Å². The van der Waals surface area contributed by atoms with Crippen LogP contribution < -0.4 is 11.2 Å². The van der Waals surface area contributed by atoms with Crippen molar-refractivity contribution in [2.24, 2.45) is 10.8 Å². The van der Waals surface area contributed by atoms with Gasteiger partial charge in [0.25, 0.3) is 0 Å². The SMILES string of the molecule is Cc1c(F)cc(Cl)c(C=NNC(N)=S)c1F. The van der Waals surface area contributed by atoms with Crippen molar-refractivity contribution >= 4 is 35.1 Å². The van der Waals surface area contributed by atoms with Crippen molar-refractivity contribution in [1.29, 1.82) is 0 Å². The van der Waals surface area contributed by atoms with Crippen LogP contribution in [-0.2, 0) is 0 Å². The smallest absolute Gasteiger partial charge is 0.184 e. The van der Waals surface area contributed by atoms with Gasteiger partial charge in [-0.05, 0) is 25.2 Å². The Morgan fingerprint density at radius 3 is 2.81 bits per heavy atom. The predicted octanol–water partition coefficient (Wildman–Crippen LogP) is 2.09. The molecule has 1 aromatic carbocycles. The fourth-order valence-electron chi connectivity index (χ4n) is 0.988. The van der Waals surface area contributed by atoms with Gasteiger partial charge < -0.3 is 5.73 Å². The van der Waals surface area contributed by atoms with E-state index in [0.717, 1.165) is 12.3 Å². The van der Waals surface area contributed by atoms with Gasteiger partial charge in [-0.2, -0.15) is 5.10 Å². The van der Waals surface area contributed by atoms with E-state index in [4.69, 9.17) is 17.3 Å². The number of nitrogens with zero attached hydrogens (tertiary/aromatic N) is 1. The van der Waals surface area contributed by atoms with E-state index in [0.29, 0.717) is 0 Å². The highest BCUT2D eigenvalue weighted by molar-refractivity contribution is 7.80. The van der Waals surface area contributed by atoms with Crippen molar-refractivity contribution in [3.05, 3.63) is 33.9 Å². The Morgan fingerprint density at radius 1 is 1.62 bits per heavy atom. The molecular weight excluding hydrogens is 256 g/mol. The Morgan fingerprint density at radius 2 is 2.25 bits per heavy atom. The Kier molecular flexibility index (Phi) is 4.14. The molecule has 3 N–H and O–H groups in total. The second-order valence-electron chi connectivity index (χ2n) is 2.93. The van der Waals surface area contributed by atoms with Crippen LogP contribution in [0.2, 0.25) is 5.02 Å². The maximum absolute atomic E-state index is 13.5. The van der Waals surface area contributed by atoms with Crippen LogP contribution in [0.25, 0.3) is 0 Å². The van der Waals surface area contributed by atoms with E-state index in [2.05, 4.69) is 22.7 Å². The van der Waals surface area contributed by atoms with Crippen LogP contribution in [-0.4, -0.2) is 11.3 Å². The van der Waals surface area contributed by atoms with Crippen LogP contribution >= 0.6 is 23.8 Å². The van der Waals surface area contributed by atoms with E-state index in [1.807, 2.05) is 0 Å². The van der Waals surface area contributed by atoms with Crippen molar-refractivity contribution in [3.63, 3.8) is 0 Å². The summed E-state index contributed by atoms with van der Waals surface area (Å²) in [6.07, 6.45) is 1.09. The van der Waals surface area contributed by atoms with Crippen molar-refractivity contribution < 1.29 is 8.78 Å². The van der Waals surface area contributed by atoms with Crippen LogP contribution in [0.1, 0.15) is 11.1 Å². The van der Waals surface area contributed by atoms with E-state index < -0.39 is 11.6 Å². The predicted molar refractivity (Wildman–Crippen MR) is 63.6 cm³/mol. The van der Waals surface area contributed by atoms with Crippen LogP contribution in [0, 0.1) is 18.6 Å². The number of hydrogen-bond acceptors (Lipinski definition) is 2. The molecule has 0 aliphatic rings. The number of nitrogens with one attached hydrogen (secondary N) is 1. The minimum atomic E-state index is -0.765. The van der Waals surface area contributed by atoms with Gasteiger partial charge in [-0.15, -0.1) is 0 Å². The zero-order chi connectivity index (χ0) is 12.3.